The van der Waals surface area contributed by atoms with Crippen LogP contribution in [0.2, 0.25) is 0 Å². The summed E-state index contributed by atoms with van der Waals surface area (Å²) in [7, 11) is 0. The van der Waals surface area contributed by atoms with Gasteiger partial charge in [0, 0.05) is 23.1 Å². The smallest absolute Gasteiger partial charge is 0.227 e. The van der Waals surface area contributed by atoms with Gasteiger partial charge in [-0.15, -0.1) is 0 Å². The summed E-state index contributed by atoms with van der Waals surface area (Å²) >= 11 is 0. The summed E-state index contributed by atoms with van der Waals surface area (Å²) in [5.41, 5.74) is 5.75. The van der Waals surface area contributed by atoms with Crippen LogP contribution in [0.15, 0.2) is 76.8 Å². The number of nitrogens with one attached hydrogen (secondary N) is 1. The van der Waals surface area contributed by atoms with Gasteiger partial charge in [-0.3, -0.25) is 9.36 Å². The lowest BCUT2D eigenvalue weighted by Crippen LogP contribution is -2.17. The van der Waals surface area contributed by atoms with Gasteiger partial charge < -0.3 is 10.1 Å². The van der Waals surface area contributed by atoms with Crippen LogP contribution in [0.3, 0.4) is 0 Å². The van der Waals surface area contributed by atoms with Crippen LogP contribution in [0.1, 0.15) is 38.4 Å². The molecule has 5 heteroatoms. The van der Waals surface area contributed by atoms with Crippen LogP contribution in [0.25, 0.3) is 16.6 Å². The van der Waals surface area contributed by atoms with Crippen molar-refractivity contribution < 1.29 is 4.74 Å². The van der Waals surface area contributed by atoms with Crippen LogP contribution in [0.5, 0.6) is 5.88 Å². The zero-order valence-electron chi connectivity index (χ0n) is 19.3. The van der Waals surface area contributed by atoms with E-state index < -0.39 is 0 Å². The first-order valence-electron chi connectivity index (χ1n) is 10.9. The minimum absolute atomic E-state index is 0.0890. The Morgan fingerprint density at radius 1 is 1.06 bits per heavy atom. The SMILES string of the molecule is CC1=CC=C(Nc2cc(=O)c3c(OC(C)C)nc(C)cc3n2-c2ccc(C)cc2)C=CC1. The minimum atomic E-state index is -0.126. The van der Waals surface area contributed by atoms with Crippen LogP contribution in [-0.2, 0) is 0 Å². The van der Waals surface area contributed by atoms with Crippen molar-refractivity contribution in [3.63, 3.8) is 0 Å². The van der Waals surface area contributed by atoms with E-state index in [2.05, 4.69) is 65.1 Å². The molecular weight excluding hydrogens is 398 g/mol. The highest BCUT2D eigenvalue weighted by molar-refractivity contribution is 5.88. The van der Waals surface area contributed by atoms with E-state index in [1.807, 2.05) is 39.0 Å². The van der Waals surface area contributed by atoms with E-state index in [0.717, 1.165) is 29.0 Å². The predicted octanol–water partition coefficient (Wildman–Crippen LogP) is 5.99. The number of rotatable bonds is 5. The van der Waals surface area contributed by atoms with Gasteiger partial charge in [-0.25, -0.2) is 4.98 Å². The summed E-state index contributed by atoms with van der Waals surface area (Å²) in [6.07, 6.45) is 9.12. The van der Waals surface area contributed by atoms with E-state index in [0.29, 0.717) is 17.1 Å². The molecule has 164 valence electrons. The average molecular weight is 428 g/mol. The van der Waals surface area contributed by atoms with E-state index in [4.69, 9.17) is 4.74 Å². The highest BCUT2D eigenvalue weighted by Crippen LogP contribution is 2.29. The van der Waals surface area contributed by atoms with Gasteiger partial charge in [0.05, 0.1) is 11.6 Å². The molecule has 5 nitrogen and oxygen atoms in total. The molecule has 1 N–H and O–H groups in total. The van der Waals surface area contributed by atoms with Gasteiger partial charge in [0.15, 0.2) is 5.43 Å². The number of ether oxygens (including phenoxy) is 1. The lowest BCUT2D eigenvalue weighted by atomic mass is 10.1. The molecule has 0 fully saturated rings. The number of benzene rings is 1. The Bertz CT molecular complexity index is 1310. The lowest BCUT2D eigenvalue weighted by molar-refractivity contribution is 0.235. The first-order chi connectivity index (χ1) is 15.3. The summed E-state index contributed by atoms with van der Waals surface area (Å²) in [4.78, 5) is 17.8. The standard InChI is InChI=1S/C27H29N3O2/c1-17(2)32-27-26-23(15-20(5)28-27)30(22-13-10-19(4)11-14-22)25(16-24(26)31)29-21-8-6-7-18(3)9-12-21/h6,8-17,29H,7H2,1-5H3. The first-order valence-corrected chi connectivity index (χ1v) is 10.9. The molecule has 0 radical (unpaired) electrons. The van der Waals surface area contributed by atoms with Crippen LogP contribution in [0, 0.1) is 13.8 Å². The zero-order chi connectivity index (χ0) is 22.8. The number of allylic oxidation sites excluding steroid dienone is 5. The second kappa shape index (κ2) is 8.87. The molecule has 0 amide bonds. The molecular formula is C27H29N3O2. The molecule has 1 aromatic carbocycles. The van der Waals surface area contributed by atoms with Crippen LogP contribution >= 0.6 is 0 Å². The second-order valence-electron chi connectivity index (χ2n) is 8.56. The number of hydrogen-bond donors (Lipinski definition) is 1. The van der Waals surface area contributed by atoms with Crippen molar-refractivity contribution in [1.82, 2.24) is 9.55 Å². The number of aryl methyl sites for hydroxylation is 2. The fourth-order valence-electron chi connectivity index (χ4n) is 3.76. The number of hydrogen-bond acceptors (Lipinski definition) is 4. The van der Waals surface area contributed by atoms with Gasteiger partial charge in [0.2, 0.25) is 5.88 Å². The van der Waals surface area contributed by atoms with Crippen molar-refractivity contribution in [2.45, 2.75) is 47.1 Å². The summed E-state index contributed by atoms with van der Waals surface area (Å²) in [5, 5.41) is 3.95. The van der Waals surface area contributed by atoms with Crippen LogP contribution < -0.4 is 15.5 Å². The second-order valence-corrected chi connectivity index (χ2v) is 8.56. The van der Waals surface area contributed by atoms with Crippen molar-refractivity contribution in [1.29, 1.82) is 0 Å². The molecule has 3 aromatic rings. The summed E-state index contributed by atoms with van der Waals surface area (Å²) in [5.74, 6) is 1.07. The van der Waals surface area contributed by atoms with Gasteiger partial charge in [-0.1, -0.05) is 35.4 Å². The Morgan fingerprint density at radius 3 is 2.53 bits per heavy atom. The lowest BCUT2D eigenvalue weighted by Gasteiger charge is -2.20. The molecule has 1 aliphatic rings. The molecule has 0 atom stereocenters. The third kappa shape index (κ3) is 4.52. The molecule has 0 saturated heterocycles. The summed E-state index contributed by atoms with van der Waals surface area (Å²) in [6, 6.07) is 11.8. The largest absolute Gasteiger partial charge is 0.474 e. The van der Waals surface area contributed by atoms with Crippen LogP contribution in [0.4, 0.5) is 5.82 Å². The fraction of sp³-hybridized carbons (Fsp3) is 0.259. The summed E-state index contributed by atoms with van der Waals surface area (Å²) < 4.78 is 8.01. The van der Waals surface area contributed by atoms with Gasteiger partial charge in [0.25, 0.3) is 0 Å². The normalized spacial score (nSPS) is 13.7. The van der Waals surface area contributed by atoms with Crippen molar-refractivity contribution in [3.05, 3.63) is 93.5 Å². The third-order valence-corrected chi connectivity index (χ3v) is 5.29. The molecule has 0 bridgehead atoms. The maximum atomic E-state index is 13.3. The maximum absolute atomic E-state index is 13.3. The Balaban J connectivity index is 2.00. The number of anilines is 1. The zero-order valence-corrected chi connectivity index (χ0v) is 19.3. The highest BCUT2D eigenvalue weighted by Gasteiger charge is 2.18. The molecule has 1 aliphatic carbocycles. The minimum Gasteiger partial charge on any atom is -0.474 e. The van der Waals surface area contributed by atoms with Gasteiger partial charge in [-0.2, -0.15) is 0 Å². The first kappa shape index (κ1) is 21.6. The Morgan fingerprint density at radius 2 is 1.81 bits per heavy atom. The molecule has 2 aromatic heterocycles. The fourth-order valence-corrected chi connectivity index (χ4v) is 3.76. The van der Waals surface area contributed by atoms with E-state index in [1.54, 1.807) is 6.07 Å². The van der Waals surface area contributed by atoms with E-state index in [9.17, 15) is 4.79 Å². The monoisotopic (exact) mass is 427 g/mol. The molecule has 2 heterocycles. The molecule has 32 heavy (non-hydrogen) atoms. The number of fused-ring (bicyclic) bond motifs is 1. The van der Waals surface area contributed by atoms with E-state index in [-0.39, 0.29) is 11.5 Å². The van der Waals surface area contributed by atoms with Crippen molar-refractivity contribution >= 4 is 16.7 Å². The Kier molecular flexibility index (Phi) is 5.99. The van der Waals surface area contributed by atoms with E-state index >= 15 is 0 Å². The van der Waals surface area contributed by atoms with E-state index in [1.165, 1.54) is 11.1 Å². The maximum Gasteiger partial charge on any atom is 0.227 e. The number of nitrogens with zero attached hydrogens (tertiary/aromatic N) is 2. The van der Waals surface area contributed by atoms with Crippen molar-refractivity contribution in [2.24, 2.45) is 0 Å². The Hall–Kier alpha value is -3.60. The van der Waals surface area contributed by atoms with Gasteiger partial charge >= 0.3 is 0 Å². The van der Waals surface area contributed by atoms with Crippen molar-refractivity contribution in [3.8, 4) is 11.6 Å². The topological polar surface area (TPSA) is 56.1 Å². The average Bonchev–Trinajstić information content (AvgIpc) is 2.92. The molecule has 0 spiro atoms. The summed E-state index contributed by atoms with van der Waals surface area (Å²) in [6.45, 7) is 9.95. The molecule has 0 aliphatic heterocycles. The van der Waals surface area contributed by atoms with Gasteiger partial charge in [-0.05, 0) is 71.4 Å². The highest BCUT2D eigenvalue weighted by atomic mass is 16.5. The third-order valence-electron chi connectivity index (χ3n) is 5.29. The van der Waals surface area contributed by atoms with Crippen molar-refractivity contribution in [2.75, 3.05) is 5.32 Å². The van der Waals surface area contributed by atoms with Crippen LogP contribution in [-0.4, -0.2) is 15.7 Å². The quantitative estimate of drug-likeness (QED) is 0.543. The number of pyridine rings is 2. The number of aromatic nitrogens is 2. The molecule has 4 rings (SSSR count). The molecule has 0 saturated carbocycles. The predicted molar refractivity (Wildman–Crippen MR) is 132 cm³/mol. The molecule has 0 unspecified atom stereocenters. The Labute approximate surface area is 188 Å². The van der Waals surface area contributed by atoms with Gasteiger partial charge in [0.1, 0.15) is 11.2 Å².